The van der Waals surface area contributed by atoms with Gasteiger partial charge in [-0.2, -0.15) is 0 Å². The van der Waals surface area contributed by atoms with E-state index < -0.39 is 0 Å². The molecule has 0 bridgehead atoms. The lowest BCUT2D eigenvalue weighted by molar-refractivity contribution is 0.626. The quantitative estimate of drug-likeness (QED) is 0.825. The molecule has 1 aromatic heterocycles. The first-order chi connectivity index (χ1) is 7.29. The second kappa shape index (κ2) is 4.23. The first-order valence-electron chi connectivity index (χ1n) is 4.73. The maximum atomic E-state index is 12.7. The maximum Gasteiger partial charge on any atom is 0.123 e. The molecule has 0 unspecified atom stereocenters. The second-order valence-corrected chi connectivity index (χ2v) is 3.34. The topological polar surface area (TPSA) is 43.8 Å². The van der Waals surface area contributed by atoms with E-state index in [1.165, 1.54) is 12.1 Å². The highest BCUT2D eigenvalue weighted by atomic mass is 19.1. The Morgan fingerprint density at radius 1 is 1.27 bits per heavy atom. The van der Waals surface area contributed by atoms with Crippen LogP contribution in [0.3, 0.4) is 0 Å². The van der Waals surface area contributed by atoms with Crippen molar-refractivity contribution in [1.29, 1.82) is 0 Å². The largest absolute Gasteiger partial charge is 0.329 e. The van der Waals surface area contributed by atoms with Crippen LogP contribution in [0.15, 0.2) is 36.8 Å². The molecule has 0 aliphatic heterocycles. The number of imidazole rings is 1. The van der Waals surface area contributed by atoms with Crippen molar-refractivity contribution in [2.24, 2.45) is 5.73 Å². The van der Waals surface area contributed by atoms with Gasteiger partial charge in [0.25, 0.3) is 0 Å². The SMILES string of the molecule is NCc1cncn1Cc1ccc(F)cc1. The van der Waals surface area contributed by atoms with Crippen LogP contribution in [0.2, 0.25) is 0 Å². The van der Waals surface area contributed by atoms with Crippen LogP contribution in [-0.4, -0.2) is 9.55 Å². The Labute approximate surface area is 87.4 Å². The lowest BCUT2D eigenvalue weighted by Crippen LogP contribution is -2.07. The zero-order chi connectivity index (χ0) is 10.7. The van der Waals surface area contributed by atoms with Crippen molar-refractivity contribution in [3.8, 4) is 0 Å². The van der Waals surface area contributed by atoms with E-state index in [0.29, 0.717) is 13.1 Å². The molecule has 0 saturated heterocycles. The summed E-state index contributed by atoms with van der Waals surface area (Å²) < 4.78 is 14.6. The summed E-state index contributed by atoms with van der Waals surface area (Å²) in [5.74, 6) is -0.219. The molecule has 0 radical (unpaired) electrons. The molecule has 0 fully saturated rings. The first kappa shape index (κ1) is 9.86. The van der Waals surface area contributed by atoms with Gasteiger partial charge in [0.05, 0.1) is 12.0 Å². The van der Waals surface area contributed by atoms with Gasteiger partial charge in [-0.25, -0.2) is 9.37 Å². The molecule has 2 N–H and O–H groups in total. The summed E-state index contributed by atoms with van der Waals surface area (Å²) in [5.41, 5.74) is 7.56. The van der Waals surface area contributed by atoms with Crippen LogP contribution in [0, 0.1) is 5.82 Å². The summed E-state index contributed by atoms with van der Waals surface area (Å²) in [7, 11) is 0. The van der Waals surface area contributed by atoms with Gasteiger partial charge in [-0.05, 0) is 17.7 Å². The van der Waals surface area contributed by atoms with Gasteiger partial charge < -0.3 is 10.3 Å². The Bertz CT molecular complexity index is 433. The molecule has 1 heterocycles. The summed E-state index contributed by atoms with van der Waals surface area (Å²) in [5, 5.41) is 0. The molecule has 2 rings (SSSR count). The van der Waals surface area contributed by atoms with Gasteiger partial charge in [0.1, 0.15) is 5.82 Å². The Morgan fingerprint density at radius 2 is 2.00 bits per heavy atom. The van der Waals surface area contributed by atoms with Crippen molar-refractivity contribution >= 4 is 0 Å². The van der Waals surface area contributed by atoms with Gasteiger partial charge in [0, 0.05) is 19.3 Å². The van der Waals surface area contributed by atoms with Crippen LogP contribution in [0.1, 0.15) is 11.3 Å². The van der Waals surface area contributed by atoms with E-state index >= 15 is 0 Å². The molecule has 2 aromatic rings. The van der Waals surface area contributed by atoms with E-state index in [1.54, 1.807) is 24.7 Å². The van der Waals surface area contributed by atoms with Crippen LogP contribution in [-0.2, 0) is 13.1 Å². The van der Waals surface area contributed by atoms with E-state index in [-0.39, 0.29) is 5.82 Å². The number of benzene rings is 1. The Morgan fingerprint density at radius 3 is 2.67 bits per heavy atom. The second-order valence-electron chi connectivity index (χ2n) is 3.34. The maximum absolute atomic E-state index is 12.7. The molecule has 0 aliphatic carbocycles. The predicted octanol–water partition coefficient (Wildman–Crippen LogP) is 1.53. The zero-order valence-corrected chi connectivity index (χ0v) is 8.23. The number of nitrogens with zero attached hydrogens (tertiary/aromatic N) is 2. The highest BCUT2D eigenvalue weighted by molar-refractivity contribution is 5.17. The fourth-order valence-electron chi connectivity index (χ4n) is 1.45. The minimum absolute atomic E-state index is 0.219. The molecule has 78 valence electrons. The van der Waals surface area contributed by atoms with Crippen LogP contribution in [0.5, 0.6) is 0 Å². The number of hydrogen-bond donors (Lipinski definition) is 1. The molecular formula is C11H12FN3. The molecule has 0 spiro atoms. The average molecular weight is 205 g/mol. The molecule has 3 nitrogen and oxygen atoms in total. The van der Waals surface area contributed by atoms with Gasteiger partial charge in [0.2, 0.25) is 0 Å². The van der Waals surface area contributed by atoms with Crippen molar-refractivity contribution in [2.75, 3.05) is 0 Å². The number of nitrogens with two attached hydrogens (primary N) is 1. The third-order valence-electron chi connectivity index (χ3n) is 2.27. The molecule has 0 atom stereocenters. The zero-order valence-electron chi connectivity index (χ0n) is 8.23. The van der Waals surface area contributed by atoms with Gasteiger partial charge in [0.15, 0.2) is 0 Å². The van der Waals surface area contributed by atoms with E-state index in [1.807, 2.05) is 4.57 Å². The predicted molar refractivity (Wildman–Crippen MR) is 55.6 cm³/mol. The van der Waals surface area contributed by atoms with E-state index in [9.17, 15) is 4.39 Å². The molecule has 0 amide bonds. The van der Waals surface area contributed by atoms with Crippen molar-refractivity contribution < 1.29 is 4.39 Å². The third kappa shape index (κ3) is 2.22. The van der Waals surface area contributed by atoms with E-state index in [2.05, 4.69) is 4.98 Å². The Balaban J connectivity index is 2.18. The van der Waals surface area contributed by atoms with Crippen molar-refractivity contribution in [3.63, 3.8) is 0 Å². The summed E-state index contributed by atoms with van der Waals surface area (Å²) in [4.78, 5) is 4.02. The fraction of sp³-hybridized carbons (Fsp3) is 0.182. The highest BCUT2D eigenvalue weighted by Gasteiger charge is 2.00. The standard InChI is InChI=1S/C11H12FN3/c12-10-3-1-9(2-4-10)7-15-8-14-6-11(15)5-13/h1-4,6,8H,5,7,13H2. The Kier molecular flexibility index (Phi) is 2.78. The number of halogens is 1. The smallest absolute Gasteiger partial charge is 0.123 e. The van der Waals surface area contributed by atoms with E-state index in [4.69, 9.17) is 5.73 Å². The third-order valence-corrected chi connectivity index (χ3v) is 2.27. The molecule has 1 aromatic carbocycles. The molecule has 4 heteroatoms. The van der Waals surface area contributed by atoms with Gasteiger partial charge in [-0.15, -0.1) is 0 Å². The first-order valence-corrected chi connectivity index (χ1v) is 4.73. The van der Waals surface area contributed by atoms with Crippen molar-refractivity contribution in [1.82, 2.24) is 9.55 Å². The molecule has 0 saturated carbocycles. The fourth-order valence-corrected chi connectivity index (χ4v) is 1.45. The average Bonchev–Trinajstić information content (AvgIpc) is 2.69. The van der Waals surface area contributed by atoms with Gasteiger partial charge in [-0.1, -0.05) is 12.1 Å². The van der Waals surface area contributed by atoms with Crippen molar-refractivity contribution in [2.45, 2.75) is 13.1 Å². The highest BCUT2D eigenvalue weighted by Crippen LogP contribution is 2.07. The number of hydrogen-bond acceptors (Lipinski definition) is 2. The van der Waals surface area contributed by atoms with Crippen LogP contribution >= 0.6 is 0 Å². The lowest BCUT2D eigenvalue weighted by Gasteiger charge is -2.06. The number of aromatic nitrogens is 2. The van der Waals surface area contributed by atoms with Gasteiger partial charge >= 0.3 is 0 Å². The lowest BCUT2D eigenvalue weighted by atomic mass is 10.2. The minimum atomic E-state index is -0.219. The Hall–Kier alpha value is -1.68. The number of rotatable bonds is 3. The molecule has 15 heavy (non-hydrogen) atoms. The summed E-state index contributed by atoms with van der Waals surface area (Å²) in [6.07, 6.45) is 3.47. The van der Waals surface area contributed by atoms with Crippen LogP contribution in [0.4, 0.5) is 4.39 Å². The van der Waals surface area contributed by atoms with Crippen LogP contribution in [0.25, 0.3) is 0 Å². The van der Waals surface area contributed by atoms with Crippen LogP contribution < -0.4 is 5.73 Å². The van der Waals surface area contributed by atoms with Gasteiger partial charge in [-0.3, -0.25) is 0 Å². The molecular weight excluding hydrogens is 193 g/mol. The minimum Gasteiger partial charge on any atom is -0.329 e. The van der Waals surface area contributed by atoms with Crippen molar-refractivity contribution in [3.05, 3.63) is 53.9 Å². The normalized spacial score (nSPS) is 10.5. The monoisotopic (exact) mass is 205 g/mol. The summed E-state index contributed by atoms with van der Waals surface area (Å²) in [6.45, 7) is 1.13. The summed E-state index contributed by atoms with van der Waals surface area (Å²) >= 11 is 0. The van der Waals surface area contributed by atoms with E-state index in [0.717, 1.165) is 11.3 Å². The molecule has 0 aliphatic rings. The summed E-state index contributed by atoms with van der Waals surface area (Å²) in [6, 6.07) is 6.42.